The van der Waals surface area contributed by atoms with Gasteiger partial charge in [-0.15, -0.1) is 0 Å². The minimum atomic E-state index is -4.03. The van der Waals surface area contributed by atoms with E-state index in [-0.39, 0.29) is 43.6 Å². The van der Waals surface area contributed by atoms with Gasteiger partial charge in [0.25, 0.3) is 0 Å². The number of aliphatic hydroxyl groups is 1. The van der Waals surface area contributed by atoms with Crippen molar-refractivity contribution in [2.24, 2.45) is 11.8 Å². The molecule has 2 heterocycles. The van der Waals surface area contributed by atoms with Gasteiger partial charge in [-0.2, -0.15) is 4.98 Å². The van der Waals surface area contributed by atoms with Gasteiger partial charge < -0.3 is 20.3 Å². The second-order valence-corrected chi connectivity index (χ2v) is 7.13. The number of nitrogens with two attached hydrogens (primary N) is 1. The van der Waals surface area contributed by atoms with Gasteiger partial charge in [-0.3, -0.25) is 9.05 Å². The first-order valence-corrected chi connectivity index (χ1v) is 9.12. The van der Waals surface area contributed by atoms with Crippen LogP contribution >= 0.6 is 7.82 Å². The van der Waals surface area contributed by atoms with Crippen LogP contribution < -0.4 is 5.73 Å². The highest BCUT2D eigenvalue weighted by Gasteiger charge is 2.43. The Balaban J connectivity index is 1.70. The number of hydrogen-bond acceptors (Lipinski definition) is 8. The molecule has 132 valence electrons. The highest BCUT2D eigenvalue weighted by Crippen LogP contribution is 2.49. The van der Waals surface area contributed by atoms with Crippen LogP contribution in [0.2, 0.25) is 0 Å². The molecule has 1 saturated carbocycles. The largest absolute Gasteiger partial charge is 0.472 e. The van der Waals surface area contributed by atoms with Crippen molar-refractivity contribution < 1.29 is 23.6 Å². The first-order chi connectivity index (χ1) is 11.4. The summed E-state index contributed by atoms with van der Waals surface area (Å²) in [5.74, 6) is -0.0419. The Bertz CT molecular complexity index is 768. The molecule has 1 aliphatic rings. The number of anilines is 1. The zero-order chi connectivity index (χ0) is 17.3. The summed E-state index contributed by atoms with van der Waals surface area (Å²) in [6.45, 7) is 1.66. The Labute approximate surface area is 138 Å². The van der Waals surface area contributed by atoms with E-state index in [9.17, 15) is 14.6 Å². The van der Waals surface area contributed by atoms with E-state index < -0.39 is 7.82 Å². The van der Waals surface area contributed by atoms with E-state index in [1.807, 2.05) is 4.57 Å². The Morgan fingerprint density at radius 2 is 2.25 bits per heavy atom. The van der Waals surface area contributed by atoms with Crippen LogP contribution in [0.25, 0.3) is 11.2 Å². The first-order valence-electron chi connectivity index (χ1n) is 7.63. The van der Waals surface area contributed by atoms with Crippen LogP contribution in [0.15, 0.2) is 12.5 Å². The van der Waals surface area contributed by atoms with Crippen LogP contribution in [0.4, 0.5) is 5.95 Å². The summed E-state index contributed by atoms with van der Waals surface area (Å²) in [4.78, 5) is 21.8. The SMILES string of the molecule is CCOP(=O)(O)OCC1CC(n2cnc3cnc(N)nc32)C1CO. The predicted molar refractivity (Wildman–Crippen MR) is 84.9 cm³/mol. The topological polar surface area (TPSA) is 146 Å². The van der Waals surface area contributed by atoms with E-state index in [0.29, 0.717) is 17.6 Å². The lowest BCUT2D eigenvalue weighted by atomic mass is 9.70. The van der Waals surface area contributed by atoms with Crippen molar-refractivity contribution >= 4 is 24.9 Å². The maximum absolute atomic E-state index is 11.6. The van der Waals surface area contributed by atoms with Crippen LogP contribution in [-0.2, 0) is 13.6 Å². The molecule has 2 aromatic rings. The molecule has 0 aromatic carbocycles. The molecule has 4 N–H and O–H groups in total. The zero-order valence-corrected chi connectivity index (χ0v) is 14.0. The number of phosphoric acid groups is 1. The molecule has 3 rings (SSSR count). The van der Waals surface area contributed by atoms with E-state index >= 15 is 0 Å². The molecular weight excluding hydrogens is 337 g/mol. The van der Waals surface area contributed by atoms with Gasteiger partial charge in [0.2, 0.25) is 5.95 Å². The van der Waals surface area contributed by atoms with Gasteiger partial charge in [-0.25, -0.2) is 14.5 Å². The summed E-state index contributed by atoms with van der Waals surface area (Å²) in [6, 6.07) is -0.0342. The average Bonchev–Trinajstić information content (AvgIpc) is 2.89. The van der Waals surface area contributed by atoms with Crippen molar-refractivity contribution in [1.29, 1.82) is 0 Å². The Morgan fingerprint density at radius 3 is 2.96 bits per heavy atom. The van der Waals surface area contributed by atoms with Crippen LogP contribution in [0.5, 0.6) is 0 Å². The lowest BCUT2D eigenvalue weighted by Gasteiger charge is -2.44. The van der Waals surface area contributed by atoms with Crippen LogP contribution in [-0.4, -0.2) is 49.3 Å². The maximum Gasteiger partial charge on any atom is 0.472 e. The Kier molecular flexibility index (Phi) is 4.84. The summed E-state index contributed by atoms with van der Waals surface area (Å²) in [5, 5.41) is 9.68. The quantitative estimate of drug-likeness (QED) is 0.610. The molecule has 0 aliphatic heterocycles. The van der Waals surface area contributed by atoms with Gasteiger partial charge in [0, 0.05) is 18.6 Å². The maximum atomic E-state index is 11.6. The second kappa shape index (κ2) is 6.73. The molecule has 0 saturated heterocycles. The fraction of sp³-hybridized carbons (Fsp3) is 0.615. The van der Waals surface area contributed by atoms with Crippen molar-refractivity contribution in [2.45, 2.75) is 19.4 Å². The molecule has 0 bridgehead atoms. The molecule has 24 heavy (non-hydrogen) atoms. The van der Waals surface area contributed by atoms with Gasteiger partial charge in [-0.05, 0) is 19.3 Å². The summed E-state index contributed by atoms with van der Waals surface area (Å²) in [5.41, 5.74) is 6.85. The summed E-state index contributed by atoms with van der Waals surface area (Å²) in [7, 11) is -4.03. The van der Waals surface area contributed by atoms with Crippen LogP contribution in [0.1, 0.15) is 19.4 Å². The molecule has 4 atom stereocenters. The smallest absolute Gasteiger partial charge is 0.396 e. The molecule has 10 nitrogen and oxygen atoms in total. The zero-order valence-electron chi connectivity index (χ0n) is 13.1. The van der Waals surface area contributed by atoms with E-state index in [1.54, 1.807) is 19.4 Å². The van der Waals surface area contributed by atoms with Crippen LogP contribution in [0.3, 0.4) is 0 Å². The molecule has 2 aromatic heterocycles. The number of rotatable bonds is 7. The first kappa shape index (κ1) is 17.2. The average molecular weight is 357 g/mol. The highest BCUT2D eigenvalue weighted by atomic mass is 31.2. The molecule has 0 radical (unpaired) electrons. The Morgan fingerprint density at radius 1 is 1.46 bits per heavy atom. The molecule has 0 spiro atoms. The summed E-state index contributed by atoms with van der Waals surface area (Å²) >= 11 is 0. The Hall–Kier alpha value is -1.58. The van der Waals surface area contributed by atoms with E-state index in [1.165, 1.54) is 0 Å². The van der Waals surface area contributed by atoms with Crippen molar-refractivity contribution in [1.82, 2.24) is 19.5 Å². The van der Waals surface area contributed by atoms with Gasteiger partial charge in [0.1, 0.15) is 5.52 Å². The van der Waals surface area contributed by atoms with Crippen molar-refractivity contribution in [3.63, 3.8) is 0 Å². The lowest BCUT2D eigenvalue weighted by molar-refractivity contribution is -0.00773. The van der Waals surface area contributed by atoms with E-state index in [0.717, 1.165) is 0 Å². The minimum Gasteiger partial charge on any atom is -0.396 e. The number of phosphoric ester groups is 1. The molecule has 1 fully saturated rings. The number of nitrogen functional groups attached to an aromatic ring is 1. The van der Waals surface area contributed by atoms with E-state index in [2.05, 4.69) is 19.5 Å². The fourth-order valence-electron chi connectivity index (χ4n) is 3.03. The van der Waals surface area contributed by atoms with Crippen molar-refractivity contribution in [3.8, 4) is 0 Å². The summed E-state index contributed by atoms with van der Waals surface area (Å²) in [6.07, 6.45) is 3.85. The number of fused-ring (bicyclic) bond motifs is 1. The molecular formula is C13H20N5O5P. The third-order valence-electron chi connectivity index (χ3n) is 4.29. The third-order valence-corrected chi connectivity index (χ3v) is 5.35. The monoisotopic (exact) mass is 357 g/mol. The van der Waals surface area contributed by atoms with Gasteiger partial charge in [-0.1, -0.05) is 0 Å². The number of hydrogen-bond donors (Lipinski definition) is 3. The third kappa shape index (κ3) is 3.28. The number of aromatic nitrogens is 4. The molecule has 0 amide bonds. The predicted octanol–water partition coefficient (Wildman–Crippen LogP) is 0.731. The highest BCUT2D eigenvalue weighted by molar-refractivity contribution is 7.47. The summed E-state index contributed by atoms with van der Waals surface area (Å²) < 4.78 is 23.1. The van der Waals surface area contributed by atoms with Crippen molar-refractivity contribution in [3.05, 3.63) is 12.5 Å². The fourth-order valence-corrected chi connectivity index (χ4v) is 3.81. The normalized spacial score (nSPS) is 26.2. The number of nitrogens with zero attached hydrogens (tertiary/aromatic N) is 4. The molecule has 4 unspecified atom stereocenters. The number of aliphatic hydroxyl groups excluding tert-OH is 1. The van der Waals surface area contributed by atoms with Gasteiger partial charge >= 0.3 is 7.82 Å². The van der Waals surface area contributed by atoms with Gasteiger partial charge in [0.15, 0.2) is 5.65 Å². The van der Waals surface area contributed by atoms with Gasteiger partial charge in [0.05, 0.1) is 25.7 Å². The number of imidazole rings is 1. The lowest BCUT2D eigenvalue weighted by Crippen LogP contribution is -2.42. The minimum absolute atomic E-state index is 0.0342. The van der Waals surface area contributed by atoms with E-state index in [4.69, 9.17) is 10.3 Å². The molecule has 11 heteroatoms. The molecule has 1 aliphatic carbocycles. The second-order valence-electron chi connectivity index (χ2n) is 5.68. The standard InChI is InChI=1S/C13H20N5O5P/c1-2-22-24(20,21)23-6-8-3-11(9(8)5-19)18-7-16-10-4-15-13(14)17-12(10)18/h4,7-9,11,19H,2-3,5-6H2,1H3,(H,20,21)(H2,14,15,17). The van der Waals surface area contributed by atoms with Crippen LogP contribution in [0, 0.1) is 11.8 Å². The van der Waals surface area contributed by atoms with Crippen molar-refractivity contribution in [2.75, 3.05) is 25.6 Å².